The Hall–Kier alpha value is -2.31. The predicted molar refractivity (Wildman–Crippen MR) is 112 cm³/mol. The van der Waals surface area contributed by atoms with E-state index in [1.54, 1.807) is 6.07 Å². The van der Waals surface area contributed by atoms with Gasteiger partial charge in [-0.25, -0.2) is 0 Å². The van der Waals surface area contributed by atoms with Crippen molar-refractivity contribution >= 4 is 5.82 Å². The van der Waals surface area contributed by atoms with Gasteiger partial charge in [-0.1, -0.05) is 0 Å². The zero-order chi connectivity index (χ0) is 19.8. The van der Waals surface area contributed by atoms with Crippen LogP contribution in [0.25, 0.3) is 11.3 Å². The average molecular weight is 396 g/mol. The number of nitrogens with zero attached hydrogens (tertiary/aromatic N) is 1. The van der Waals surface area contributed by atoms with E-state index in [1.165, 1.54) is 5.56 Å². The highest BCUT2D eigenvalue weighted by Crippen LogP contribution is 2.35. The molecule has 3 aliphatic heterocycles. The molecule has 2 aromatic rings. The quantitative estimate of drug-likeness (QED) is 0.838. The van der Waals surface area contributed by atoms with Crippen molar-refractivity contribution in [2.24, 2.45) is 0 Å². The van der Waals surface area contributed by atoms with Gasteiger partial charge >= 0.3 is 0 Å². The van der Waals surface area contributed by atoms with Gasteiger partial charge in [0.2, 0.25) is 0 Å². The van der Waals surface area contributed by atoms with Gasteiger partial charge in [-0.3, -0.25) is 4.79 Å². The minimum absolute atomic E-state index is 0.0682. The highest BCUT2D eigenvalue weighted by atomic mass is 16.7. The molecule has 154 valence electrons. The van der Waals surface area contributed by atoms with Gasteiger partial charge in [0, 0.05) is 43.3 Å². The lowest BCUT2D eigenvalue weighted by atomic mass is 9.94. The second kappa shape index (κ2) is 7.84. The molecule has 2 saturated heterocycles. The van der Waals surface area contributed by atoms with Crippen LogP contribution in [0.5, 0.6) is 5.75 Å². The van der Waals surface area contributed by atoms with E-state index in [1.807, 2.05) is 13.0 Å². The molecule has 1 N–H and O–H groups in total. The summed E-state index contributed by atoms with van der Waals surface area (Å²) in [7, 11) is 0. The van der Waals surface area contributed by atoms with Crippen molar-refractivity contribution in [3.05, 3.63) is 45.6 Å². The molecular formula is C23H28N2O4. The van der Waals surface area contributed by atoms with Crippen molar-refractivity contribution in [2.75, 3.05) is 25.1 Å². The highest BCUT2D eigenvalue weighted by Gasteiger charge is 2.24. The molecule has 2 unspecified atom stereocenters. The first-order chi connectivity index (χ1) is 14.2. The van der Waals surface area contributed by atoms with Crippen molar-refractivity contribution in [1.29, 1.82) is 0 Å². The minimum Gasteiger partial charge on any atom is -0.465 e. The van der Waals surface area contributed by atoms with Crippen LogP contribution in [0.4, 0.5) is 5.82 Å². The fourth-order valence-corrected chi connectivity index (χ4v) is 4.61. The van der Waals surface area contributed by atoms with Crippen molar-refractivity contribution in [3.8, 4) is 17.0 Å². The number of aryl methyl sites for hydroxylation is 1. The van der Waals surface area contributed by atoms with Crippen LogP contribution >= 0.6 is 0 Å². The third-order valence-corrected chi connectivity index (χ3v) is 6.18. The molecule has 2 fully saturated rings. The van der Waals surface area contributed by atoms with Gasteiger partial charge in [0.25, 0.3) is 0 Å². The predicted octanol–water partition coefficient (Wildman–Crippen LogP) is 3.49. The topological polar surface area (TPSA) is 61.7 Å². The van der Waals surface area contributed by atoms with Gasteiger partial charge in [0.05, 0.1) is 18.4 Å². The molecule has 5 rings (SSSR count). The number of hydrogen-bond donors (Lipinski definition) is 1. The van der Waals surface area contributed by atoms with Crippen molar-refractivity contribution in [3.63, 3.8) is 0 Å². The minimum atomic E-state index is -0.137. The molecule has 29 heavy (non-hydrogen) atoms. The third kappa shape index (κ3) is 3.67. The van der Waals surface area contributed by atoms with Gasteiger partial charge in [0.1, 0.15) is 11.6 Å². The fourth-order valence-electron chi connectivity index (χ4n) is 4.61. The van der Waals surface area contributed by atoms with Crippen molar-refractivity contribution in [1.82, 2.24) is 4.57 Å². The molecule has 0 aliphatic carbocycles. The Kier molecular flexibility index (Phi) is 5.06. The normalized spacial score (nSPS) is 22.9. The molecule has 2 atom stereocenters. The van der Waals surface area contributed by atoms with Gasteiger partial charge in [-0.15, -0.1) is 0 Å². The second-order valence-corrected chi connectivity index (χ2v) is 8.16. The summed E-state index contributed by atoms with van der Waals surface area (Å²) in [5.41, 5.74) is 4.21. The van der Waals surface area contributed by atoms with Crippen molar-refractivity contribution < 1.29 is 14.2 Å². The first-order valence-corrected chi connectivity index (χ1v) is 10.7. The summed E-state index contributed by atoms with van der Waals surface area (Å²) >= 11 is 0. The average Bonchev–Trinajstić information content (AvgIpc) is 3.43. The van der Waals surface area contributed by atoms with E-state index >= 15 is 0 Å². The van der Waals surface area contributed by atoms with Gasteiger partial charge in [0.15, 0.2) is 11.7 Å². The number of nitrogens with one attached hydrogen (secondary N) is 1. The number of anilines is 1. The largest absolute Gasteiger partial charge is 0.465 e. The zero-order valence-corrected chi connectivity index (χ0v) is 16.9. The SMILES string of the molecule is Cc1c2n(c(NCC3CCCO3)cc1=O)CCc1cc(OC3CCCO3)ccc1-2. The number of ether oxygens (including phenoxy) is 3. The van der Waals surface area contributed by atoms with Crippen LogP contribution in [0.2, 0.25) is 0 Å². The van der Waals surface area contributed by atoms with E-state index in [4.69, 9.17) is 14.2 Å². The summed E-state index contributed by atoms with van der Waals surface area (Å²) in [4.78, 5) is 12.7. The van der Waals surface area contributed by atoms with Gasteiger partial charge < -0.3 is 24.1 Å². The van der Waals surface area contributed by atoms with Crippen LogP contribution < -0.4 is 15.5 Å². The smallest absolute Gasteiger partial charge is 0.199 e. The third-order valence-electron chi connectivity index (χ3n) is 6.18. The lowest BCUT2D eigenvalue weighted by Crippen LogP contribution is -2.26. The van der Waals surface area contributed by atoms with E-state index in [9.17, 15) is 4.79 Å². The van der Waals surface area contributed by atoms with Crippen LogP contribution in [0.3, 0.4) is 0 Å². The number of rotatable bonds is 5. The number of hydrogen-bond acceptors (Lipinski definition) is 5. The van der Waals surface area contributed by atoms with Gasteiger partial charge in [-0.05, 0) is 56.4 Å². The number of benzene rings is 1. The fraction of sp³-hybridized carbons (Fsp3) is 0.522. The lowest BCUT2D eigenvalue weighted by Gasteiger charge is -2.28. The maximum absolute atomic E-state index is 12.7. The monoisotopic (exact) mass is 396 g/mol. The Morgan fingerprint density at radius 1 is 1.17 bits per heavy atom. The molecule has 4 heterocycles. The molecule has 6 nitrogen and oxygen atoms in total. The molecule has 3 aliphatic rings. The molecule has 1 aromatic carbocycles. The summed E-state index contributed by atoms with van der Waals surface area (Å²) in [6, 6.07) is 7.91. The summed E-state index contributed by atoms with van der Waals surface area (Å²) in [6.07, 6.45) is 5.18. The molecule has 6 heteroatoms. The van der Waals surface area contributed by atoms with Crippen LogP contribution in [0.1, 0.15) is 36.8 Å². The number of aromatic nitrogens is 1. The summed E-state index contributed by atoms with van der Waals surface area (Å²) < 4.78 is 19.5. The van der Waals surface area contributed by atoms with E-state index in [-0.39, 0.29) is 17.8 Å². The van der Waals surface area contributed by atoms with Gasteiger partial charge in [-0.2, -0.15) is 0 Å². The van der Waals surface area contributed by atoms with Crippen LogP contribution in [-0.4, -0.2) is 36.7 Å². The molecule has 0 amide bonds. The molecular weight excluding hydrogens is 368 g/mol. The van der Waals surface area contributed by atoms with Crippen molar-refractivity contribution in [2.45, 2.75) is 58.0 Å². The zero-order valence-electron chi connectivity index (χ0n) is 16.9. The Balaban J connectivity index is 1.45. The van der Waals surface area contributed by atoms with E-state index in [2.05, 4.69) is 22.0 Å². The van der Waals surface area contributed by atoms with E-state index in [0.717, 1.165) is 86.8 Å². The first-order valence-electron chi connectivity index (χ1n) is 10.7. The highest BCUT2D eigenvalue weighted by molar-refractivity contribution is 5.72. The Bertz CT molecular complexity index is 956. The molecule has 1 aromatic heterocycles. The summed E-state index contributed by atoms with van der Waals surface area (Å²) in [6.45, 7) is 5.10. The Labute approximate surface area is 170 Å². The maximum Gasteiger partial charge on any atom is 0.199 e. The Morgan fingerprint density at radius 2 is 2.03 bits per heavy atom. The molecule has 0 saturated carbocycles. The second-order valence-electron chi connectivity index (χ2n) is 8.16. The van der Waals surface area contributed by atoms with E-state index < -0.39 is 0 Å². The summed E-state index contributed by atoms with van der Waals surface area (Å²) in [5.74, 6) is 1.73. The van der Waals surface area contributed by atoms with Crippen LogP contribution in [0, 0.1) is 6.92 Å². The first kappa shape index (κ1) is 18.7. The maximum atomic E-state index is 12.7. The number of pyridine rings is 1. The van der Waals surface area contributed by atoms with Crippen LogP contribution in [-0.2, 0) is 22.4 Å². The Morgan fingerprint density at radius 3 is 2.83 bits per heavy atom. The standard InChI is InChI=1S/C23H28N2O4/c1-15-20(26)13-21(24-14-18-4-2-10-27-18)25-9-8-16-12-17(6-7-19(16)23(15)25)29-22-5-3-11-28-22/h6-7,12-13,18,22,24H,2-5,8-11,14H2,1H3. The van der Waals surface area contributed by atoms with E-state index in [0.29, 0.717) is 0 Å². The van der Waals surface area contributed by atoms with Crippen LogP contribution in [0.15, 0.2) is 29.1 Å². The lowest BCUT2D eigenvalue weighted by molar-refractivity contribution is -0.0390. The number of fused-ring (bicyclic) bond motifs is 3. The summed E-state index contributed by atoms with van der Waals surface area (Å²) in [5, 5.41) is 3.47. The molecule has 0 spiro atoms. The molecule has 0 bridgehead atoms. The molecule has 0 radical (unpaired) electrons.